The molecule has 0 bridgehead atoms. The van der Waals surface area contributed by atoms with Crippen molar-refractivity contribution < 1.29 is 18.6 Å². The van der Waals surface area contributed by atoms with Gasteiger partial charge in [-0.25, -0.2) is 0 Å². The summed E-state index contributed by atoms with van der Waals surface area (Å²) in [6.45, 7) is 17.8. The molecule has 0 aliphatic carbocycles. The van der Waals surface area contributed by atoms with Crippen LogP contribution in [-0.2, 0) is 18.6 Å². The molecule has 0 N–H and O–H groups in total. The number of aromatic nitrogens is 2. The Bertz CT molecular complexity index is 3640. The molecule has 2 aromatic heterocycles. The summed E-state index contributed by atoms with van der Waals surface area (Å²) >= 11 is 0. The molecule has 12 rings (SSSR count). The number of rotatable bonds is 7. The van der Waals surface area contributed by atoms with Gasteiger partial charge in [-0.2, -0.15) is 0 Å². The lowest BCUT2D eigenvalue weighted by Gasteiger charge is -2.47. The number of nitrogens with zero attached hydrogens (tertiary/aromatic N) is 2. The third kappa shape index (κ3) is 7.27. The van der Waals surface area contributed by atoms with Crippen molar-refractivity contribution in [1.29, 1.82) is 0 Å². The molecule has 0 radical (unpaired) electrons. The fourth-order valence-electron chi connectivity index (χ4n) is 10.3. The minimum atomic E-state index is -0.421. The molecule has 69 heavy (non-hydrogen) atoms. The van der Waals surface area contributed by atoms with Gasteiger partial charge in [0.1, 0.15) is 0 Å². The zero-order valence-corrected chi connectivity index (χ0v) is 40.7. The smallest absolute Gasteiger partial charge is 0.407 e. The molecule has 0 unspecified atom stereocenters. The summed E-state index contributed by atoms with van der Waals surface area (Å²) in [4.78, 5) is 0. The van der Waals surface area contributed by atoms with Gasteiger partial charge < -0.3 is 27.8 Å². The topological polar surface area (TPSA) is 46.8 Å². The van der Waals surface area contributed by atoms with Crippen LogP contribution in [-0.4, -0.2) is 46.8 Å². The fourth-order valence-corrected chi connectivity index (χ4v) is 10.3. The van der Waals surface area contributed by atoms with Gasteiger partial charge in [0.05, 0.1) is 38.9 Å². The summed E-state index contributed by atoms with van der Waals surface area (Å²) in [5.41, 5.74) is 14.6. The van der Waals surface area contributed by atoms with Gasteiger partial charge in [0.25, 0.3) is 0 Å². The van der Waals surface area contributed by atoms with Crippen LogP contribution in [0.4, 0.5) is 0 Å². The zero-order chi connectivity index (χ0) is 47.5. The fraction of sp³-hybridized carbons (Fsp3) is 0.213. The molecule has 8 aromatic carbocycles. The van der Waals surface area contributed by atoms with Crippen molar-refractivity contribution in [1.82, 2.24) is 9.13 Å². The van der Waals surface area contributed by atoms with Crippen LogP contribution in [0, 0.1) is 5.41 Å². The maximum Gasteiger partial charge on any atom is 0.494 e. The van der Waals surface area contributed by atoms with Crippen molar-refractivity contribution in [3.63, 3.8) is 0 Å². The molecule has 0 spiro atoms. The zero-order valence-electron chi connectivity index (χ0n) is 40.7. The first-order valence-electron chi connectivity index (χ1n) is 24.3. The van der Waals surface area contributed by atoms with Crippen molar-refractivity contribution in [2.45, 2.75) is 72.2 Å². The third-order valence-electron chi connectivity index (χ3n) is 15.8. The second kappa shape index (κ2) is 15.9. The number of para-hydroxylation sites is 2. The Balaban J connectivity index is 0.893. The van der Waals surface area contributed by atoms with Gasteiger partial charge in [-0.1, -0.05) is 135 Å². The van der Waals surface area contributed by atoms with Crippen LogP contribution in [0.15, 0.2) is 182 Å². The first-order chi connectivity index (χ1) is 33.1. The summed E-state index contributed by atoms with van der Waals surface area (Å²) in [5, 5.41) is 4.87. The first kappa shape index (κ1) is 43.6. The molecule has 0 amide bonds. The highest BCUT2D eigenvalue weighted by Crippen LogP contribution is 2.41. The molecular formula is C61H56B2N2O4. The maximum absolute atomic E-state index is 6.55. The average Bonchev–Trinajstić information content (AvgIpc) is 3.95. The van der Waals surface area contributed by atoms with Gasteiger partial charge in [-0.3, -0.25) is 0 Å². The molecule has 2 aliphatic heterocycles. The van der Waals surface area contributed by atoms with E-state index in [9.17, 15) is 0 Å². The predicted molar refractivity (Wildman–Crippen MR) is 287 cm³/mol. The monoisotopic (exact) mass is 902 g/mol. The van der Waals surface area contributed by atoms with Gasteiger partial charge in [-0.15, -0.1) is 0 Å². The van der Waals surface area contributed by atoms with Crippen molar-refractivity contribution in [2.75, 3.05) is 6.61 Å². The van der Waals surface area contributed by atoms with Gasteiger partial charge >= 0.3 is 14.2 Å². The predicted octanol–water partition coefficient (Wildman–Crippen LogP) is 13.7. The highest BCUT2D eigenvalue weighted by molar-refractivity contribution is 6.62. The summed E-state index contributed by atoms with van der Waals surface area (Å²) in [6.07, 6.45) is 0. The number of hydrogen-bond donors (Lipinski definition) is 0. The van der Waals surface area contributed by atoms with E-state index < -0.39 is 25.4 Å². The Morgan fingerprint density at radius 2 is 0.739 bits per heavy atom. The first-order valence-corrected chi connectivity index (χ1v) is 24.3. The molecule has 6 nitrogen and oxygen atoms in total. The lowest BCUT2D eigenvalue weighted by Crippen LogP contribution is -2.58. The molecule has 2 fully saturated rings. The van der Waals surface area contributed by atoms with E-state index in [-0.39, 0.29) is 11.0 Å². The Labute approximate surface area is 405 Å². The SMILES string of the molecule is CC1(C)COB(c2cccc(-c3cccc(-n4c5ccccc5c5cc(-c6ccc7c(c6)c6ccccc6n7-c6cccc(-c7cccc(B8OC(C)(C)C(C)(C)O8)c7)c6)ccc54)c3)c2)OC1(C)C. The lowest BCUT2D eigenvalue weighted by molar-refractivity contribution is -0.0937. The van der Waals surface area contributed by atoms with Crippen molar-refractivity contribution in [3.8, 4) is 44.8 Å². The Kier molecular flexibility index (Phi) is 10.1. The minimum Gasteiger partial charge on any atom is -0.407 e. The summed E-state index contributed by atoms with van der Waals surface area (Å²) in [5.74, 6) is 0. The Morgan fingerprint density at radius 3 is 1.22 bits per heavy atom. The van der Waals surface area contributed by atoms with E-state index >= 15 is 0 Å². The number of benzene rings is 8. The highest BCUT2D eigenvalue weighted by atomic mass is 16.7. The van der Waals surface area contributed by atoms with E-state index in [0.717, 1.165) is 50.1 Å². The molecule has 2 saturated heterocycles. The number of fused-ring (bicyclic) bond motifs is 6. The molecule has 10 aromatic rings. The third-order valence-corrected chi connectivity index (χ3v) is 15.8. The normalized spacial score (nSPS) is 17.4. The molecule has 0 atom stereocenters. The molecule has 2 aliphatic rings. The van der Waals surface area contributed by atoms with Crippen molar-refractivity contribution in [3.05, 3.63) is 182 Å². The Hall–Kier alpha value is -6.67. The van der Waals surface area contributed by atoms with Crippen LogP contribution in [0.5, 0.6) is 0 Å². The van der Waals surface area contributed by atoms with E-state index in [4.69, 9.17) is 18.6 Å². The van der Waals surface area contributed by atoms with Crippen LogP contribution in [0.25, 0.3) is 88.4 Å². The molecule has 8 heteroatoms. The van der Waals surface area contributed by atoms with E-state index in [1.807, 2.05) is 0 Å². The lowest BCUT2D eigenvalue weighted by atomic mass is 9.69. The van der Waals surface area contributed by atoms with E-state index in [1.165, 1.54) is 49.2 Å². The Morgan fingerprint density at radius 1 is 0.348 bits per heavy atom. The van der Waals surface area contributed by atoms with Crippen molar-refractivity contribution >= 4 is 68.8 Å². The van der Waals surface area contributed by atoms with Gasteiger partial charge in [0.2, 0.25) is 0 Å². The van der Waals surface area contributed by atoms with E-state index in [2.05, 4.69) is 247 Å². The second-order valence-corrected chi connectivity index (χ2v) is 21.3. The van der Waals surface area contributed by atoms with Crippen LogP contribution in [0.3, 0.4) is 0 Å². The van der Waals surface area contributed by atoms with Crippen molar-refractivity contribution in [2.24, 2.45) is 5.41 Å². The molecule has 4 heterocycles. The van der Waals surface area contributed by atoms with Crippen LogP contribution < -0.4 is 10.9 Å². The number of hydrogen-bond acceptors (Lipinski definition) is 4. The molecule has 0 saturated carbocycles. The standard InChI is InChI=1S/C61H56B2N2O4/c1-58(2)39-66-62(67-59(58,3)4)46-21-13-17-40(33-46)42-19-15-23-48(35-42)64-54-27-11-9-25-50(54)52-37-44(29-31-56(52)64)45-30-32-57-53(38-45)51-26-10-12-28-55(51)65(57)49-24-16-20-43(36-49)41-18-14-22-47(34-41)63-68-60(5,6)61(7,8)69-63/h9-38H,39H2,1-8H3. The van der Waals surface area contributed by atoms with Crippen LogP contribution in [0.2, 0.25) is 0 Å². The van der Waals surface area contributed by atoms with E-state index in [0.29, 0.717) is 6.61 Å². The summed E-state index contributed by atoms with van der Waals surface area (Å²) in [7, 11) is -0.834. The van der Waals surface area contributed by atoms with E-state index in [1.54, 1.807) is 0 Å². The highest BCUT2D eigenvalue weighted by Gasteiger charge is 2.52. The van der Waals surface area contributed by atoms with Crippen LogP contribution >= 0.6 is 0 Å². The molecule has 340 valence electrons. The summed E-state index contributed by atoms with van der Waals surface area (Å²) < 4.78 is 30.5. The molecular weight excluding hydrogens is 846 g/mol. The van der Waals surface area contributed by atoms with Gasteiger partial charge in [0.15, 0.2) is 0 Å². The minimum absolute atomic E-state index is 0.0875. The quantitative estimate of drug-likeness (QED) is 0.150. The van der Waals surface area contributed by atoms with Crippen LogP contribution in [0.1, 0.15) is 55.4 Å². The average molecular weight is 903 g/mol. The second-order valence-electron chi connectivity index (χ2n) is 21.3. The largest absolute Gasteiger partial charge is 0.494 e. The summed E-state index contributed by atoms with van der Waals surface area (Å²) in [6, 6.07) is 66.3. The maximum atomic E-state index is 6.55. The van der Waals surface area contributed by atoms with Gasteiger partial charge in [-0.05, 0) is 147 Å². The van der Waals surface area contributed by atoms with Gasteiger partial charge in [0, 0.05) is 44.9 Å².